The van der Waals surface area contributed by atoms with Crippen LogP contribution in [0, 0.1) is 0 Å². The number of benzene rings is 2. The van der Waals surface area contributed by atoms with E-state index >= 15 is 0 Å². The van der Waals surface area contributed by atoms with Crippen LogP contribution in [0.5, 0.6) is 0 Å². The number of carbonyl (C=O) groups excluding carboxylic acids is 2. The predicted molar refractivity (Wildman–Crippen MR) is 124 cm³/mol. The molecule has 0 bridgehead atoms. The lowest BCUT2D eigenvalue weighted by atomic mass is 10.1. The van der Waals surface area contributed by atoms with Crippen molar-refractivity contribution in [2.24, 2.45) is 0 Å². The molecule has 0 spiro atoms. The molecule has 2 amide bonds. The number of para-hydroxylation sites is 1. The van der Waals surface area contributed by atoms with E-state index in [9.17, 15) is 22.8 Å². The van der Waals surface area contributed by atoms with E-state index in [-0.39, 0.29) is 17.9 Å². The molecule has 1 atom stereocenters. The predicted octanol–water partition coefficient (Wildman–Crippen LogP) is 4.30. The van der Waals surface area contributed by atoms with Crippen LogP contribution in [0.1, 0.15) is 12.5 Å². The Labute approximate surface area is 201 Å². The Morgan fingerprint density at radius 1 is 1.14 bits per heavy atom. The first kappa shape index (κ1) is 22.8. The van der Waals surface area contributed by atoms with Gasteiger partial charge in [0.2, 0.25) is 11.8 Å². The Balaban J connectivity index is 1.42. The summed E-state index contributed by atoms with van der Waals surface area (Å²) in [5.74, 6) is -1.01. The van der Waals surface area contributed by atoms with E-state index in [1.54, 1.807) is 17.8 Å². The fourth-order valence-corrected chi connectivity index (χ4v) is 4.72. The lowest BCUT2D eigenvalue weighted by Crippen LogP contribution is -2.45. The van der Waals surface area contributed by atoms with Gasteiger partial charge in [0.25, 0.3) is 0 Å². The van der Waals surface area contributed by atoms with E-state index in [2.05, 4.69) is 20.4 Å². The number of hydrogen-bond donors (Lipinski definition) is 1. The molecule has 1 N–H and O–H groups in total. The molecule has 2 aromatic heterocycles. The van der Waals surface area contributed by atoms with Crippen molar-refractivity contribution < 1.29 is 22.8 Å². The summed E-state index contributed by atoms with van der Waals surface area (Å²) in [7, 11) is 0. The fourth-order valence-electron chi connectivity index (χ4n) is 3.77. The van der Waals surface area contributed by atoms with Crippen LogP contribution in [0.2, 0.25) is 0 Å². The summed E-state index contributed by atoms with van der Waals surface area (Å²) in [5, 5.41) is 7.28. The molecule has 5 rings (SSSR count). The van der Waals surface area contributed by atoms with Gasteiger partial charge in [0.1, 0.15) is 17.9 Å². The molecule has 1 aliphatic rings. The van der Waals surface area contributed by atoms with Gasteiger partial charge >= 0.3 is 6.18 Å². The van der Waals surface area contributed by atoms with Crippen LogP contribution in [-0.2, 0) is 15.8 Å². The molecule has 1 unspecified atom stereocenters. The van der Waals surface area contributed by atoms with Gasteiger partial charge in [-0.1, -0.05) is 30.0 Å². The maximum atomic E-state index is 13.3. The number of hydrogen-bond acceptors (Lipinski definition) is 6. The van der Waals surface area contributed by atoms with Crippen molar-refractivity contribution in [2.75, 3.05) is 16.8 Å². The average molecular weight is 498 g/mol. The Hall–Kier alpha value is -3.93. The van der Waals surface area contributed by atoms with Crippen LogP contribution < -0.4 is 10.2 Å². The molecule has 178 valence electrons. The number of nitrogens with one attached hydrogen (secondary N) is 1. The molecule has 0 saturated carbocycles. The highest BCUT2D eigenvalue weighted by Crippen LogP contribution is 2.38. The van der Waals surface area contributed by atoms with E-state index in [1.165, 1.54) is 17.3 Å². The Morgan fingerprint density at radius 3 is 2.66 bits per heavy atom. The highest BCUT2D eigenvalue weighted by Gasteiger charge is 2.35. The molecule has 8 nitrogen and oxygen atoms in total. The molecule has 0 radical (unpaired) electrons. The van der Waals surface area contributed by atoms with Crippen LogP contribution in [0.25, 0.3) is 16.7 Å². The van der Waals surface area contributed by atoms with E-state index in [0.29, 0.717) is 16.1 Å². The molecule has 4 aromatic rings. The molecule has 2 aromatic carbocycles. The minimum atomic E-state index is -4.57. The number of carbonyl (C=O) groups is 2. The molecule has 0 fully saturated rings. The summed E-state index contributed by atoms with van der Waals surface area (Å²) in [6.07, 6.45) is -1.58. The van der Waals surface area contributed by atoms with Gasteiger partial charge in [-0.2, -0.15) is 18.3 Å². The monoisotopic (exact) mass is 498 g/mol. The topological polar surface area (TPSA) is 93.0 Å². The second-order valence-corrected chi connectivity index (χ2v) is 9.10. The Bertz CT molecular complexity index is 1440. The van der Waals surface area contributed by atoms with Crippen LogP contribution in [0.15, 0.2) is 66.1 Å². The van der Waals surface area contributed by atoms with Crippen LogP contribution >= 0.6 is 11.8 Å². The number of halogens is 3. The zero-order chi connectivity index (χ0) is 24.7. The van der Waals surface area contributed by atoms with Gasteiger partial charge in [-0.05, 0) is 37.3 Å². The summed E-state index contributed by atoms with van der Waals surface area (Å²) >= 11 is 1.16. The number of anilines is 2. The quantitative estimate of drug-likeness (QED) is 0.333. The summed E-state index contributed by atoms with van der Waals surface area (Å²) < 4.78 is 41.0. The van der Waals surface area contributed by atoms with Crippen molar-refractivity contribution in [2.45, 2.75) is 23.4 Å². The third-order valence-corrected chi connectivity index (χ3v) is 6.53. The highest BCUT2D eigenvalue weighted by molar-refractivity contribution is 8.00. The van der Waals surface area contributed by atoms with E-state index in [4.69, 9.17) is 0 Å². The molecular formula is C23H17F3N6O2S. The first-order valence-corrected chi connectivity index (χ1v) is 11.3. The zero-order valence-corrected chi connectivity index (χ0v) is 19.0. The van der Waals surface area contributed by atoms with Gasteiger partial charge in [0.05, 0.1) is 39.5 Å². The number of fused-ring (bicyclic) bond motifs is 2. The van der Waals surface area contributed by atoms with Crippen LogP contribution in [0.3, 0.4) is 0 Å². The van der Waals surface area contributed by atoms with Crippen molar-refractivity contribution in [1.82, 2.24) is 19.7 Å². The van der Waals surface area contributed by atoms with E-state index < -0.39 is 28.8 Å². The normalized spacial score (nSPS) is 14.5. The summed E-state index contributed by atoms with van der Waals surface area (Å²) in [4.78, 5) is 35.3. The zero-order valence-electron chi connectivity index (χ0n) is 18.2. The van der Waals surface area contributed by atoms with Gasteiger partial charge in [-0.25, -0.2) is 14.6 Å². The van der Waals surface area contributed by atoms with Crippen LogP contribution in [0.4, 0.5) is 24.5 Å². The summed E-state index contributed by atoms with van der Waals surface area (Å²) in [6, 6.07) is 12.3. The Kier molecular flexibility index (Phi) is 5.67. The maximum Gasteiger partial charge on any atom is 0.416 e. The molecular weight excluding hydrogens is 481 g/mol. The van der Waals surface area contributed by atoms with Gasteiger partial charge in [-0.15, -0.1) is 0 Å². The Morgan fingerprint density at radius 2 is 1.91 bits per heavy atom. The molecule has 1 aliphatic heterocycles. The SMILES string of the molecule is CC(Sc1ncnc2c1cnn2-c1ccccc1)C(=O)N1CC(=O)Nc2cc(C(F)(F)F)ccc21. The number of amides is 2. The number of rotatable bonds is 4. The number of aromatic nitrogens is 4. The van der Waals surface area contributed by atoms with Crippen LogP contribution in [-0.4, -0.2) is 43.4 Å². The average Bonchev–Trinajstić information content (AvgIpc) is 3.28. The number of nitrogens with zero attached hydrogens (tertiary/aromatic N) is 5. The highest BCUT2D eigenvalue weighted by atomic mass is 32.2. The minimum Gasteiger partial charge on any atom is -0.323 e. The lowest BCUT2D eigenvalue weighted by Gasteiger charge is -2.31. The first-order chi connectivity index (χ1) is 16.7. The van der Waals surface area contributed by atoms with Gasteiger partial charge < -0.3 is 5.32 Å². The molecule has 12 heteroatoms. The number of alkyl halides is 3. The van der Waals surface area contributed by atoms with Gasteiger partial charge in [0, 0.05) is 0 Å². The van der Waals surface area contributed by atoms with Crippen molar-refractivity contribution >= 4 is 46.0 Å². The number of thioether (sulfide) groups is 1. The summed E-state index contributed by atoms with van der Waals surface area (Å²) in [6.45, 7) is 1.35. The second-order valence-electron chi connectivity index (χ2n) is 7.77. The van der Waals surface area contributed by atoms with Crippen molar-refractivity contribution in [3.63, 3.8) is 0 Å². The van der Waals surface area contributed by atoms with Crippen molar-refractivity contribution in [3.05, 3.63) is 66.6 Å². The first-order valence-electron chi connectivity index (χ1n) is 10.5. The lowest BCUT2D eigenvalue weighted by molar-refractivity contribution is -0.137. The largest absolute Gasteiger partial charge is 0.416 e. The second kappa shape index (κ2) is 8.69. The maximum absolute atomic E-state index is 13.3. The van der Waals surface area contributed by atoms with E-state index in [1.807, 2.05) is 30.3 Å². The smallest absolute Gasteiger partial charge is 0.323 e. The van der Waals surface area contributed by atoms with E-state index in [0.717, 1.165) is 29.6 Å². The van der Waals surface area contributed by atoms with Gasteiger partial charge in [-0.3, -0.25) is 14.5 Å². The standard InChI is InChI=1S/C23H17F3N6O2S/c1-13(22(34)31-11-19(33)30-17-9-14(23(24,25)26)7-8-18(17)31)35-21-16-10-29-32(20(16)27-12-28-21)15-5-3-2-4-6-15/h2-10,12-13H,11H2,1H3,(H,30,33). The molecule has 0 aliphatic carbocycles. The molecule has 35 heavy (non-hydrogen) atoms. The molecule has 0 saturated heterocycles. The summed E-state index contributed by atoms with van der Waals surface area (Å²) in [5.41, 5.74) is 0.619. The van der Waals surface area contributed by atoms with Crippen molar-refractivity contribution in [1.29, 1.82) is 0 Å². The third kappa shape index (κ3) is 4.32. The minimum absolute atomic E-state index is 0.0600. The molecule has 3 heterocycles. The fraction of sp³-hybridized carbons (Fsp3) is 0.174. The van der Waals surface area contributed by atoms with Gasteiger partial charge in [0.15, 0.2) is 5.65 Å². The van der Waals surface area contributed by atoms with Crippen molar-refractivity contribution in [3.8, 4) is 5.69 Å². The third-order valence-electron chi connectivity index (χ3n) is 5.42.